The lowest BCUT2D eigenvalue weighted by Crippen LogP contribution is -2.16. The van der Waals surface area contributed by atoms with E-state index in [4.69, 9.17) is 4.89 Å². The van der Waals surface area contributed by atoms with Crippen molar-refractivity contribution < 1.29 is 22.8 Å². The van der Waals surface area contributed by atoms with Crippen molar-refractivity contribution in [1.82, 2.24) is 5.32 Å². The molecule has 0 radical (unpaired) electrons. The van der Waals surface area contributed by atoms with Gasteiger partial charge in [-0.3, -0.25) is 4.57 Å². The van der Waals surface area contributed by atoms with E-state index >= 15 is 0 Å². The summed E-state index contributed by atoms with van der Waals surface area (Å²) in [5.41, 5.74) is 2.77. The molecule has 160 valence electrons. The highest BCUT2D eigenvalue weighted by Crippen LogP contribution is 2.16. The quantitative estimate of drug-likeness (QED) is 0.323. The van der Waals surface area contributed by atoms with Gasteiger partial charge in [0.05, 0.1) is 6.61 Å². The van der Waals surface area contributed by atoms with Gasteiger partial charge in [0.25, 0.3) is 0 Å². The van der Waals surface area contributed by atoms with Crippen molar-refractivity contribution >= 4 is 8.25 Å². The van der Waals surface area contributed by atoms with Crippen LogP contribution < -0.4 is 5.32 Å². The number of aryl methyl sites for hydroxylation is 2. The first-order valence-corrected chi connectivity index (χ1v) is 11.4. The second kappa shape index (κ2) is 13.6. The summed E-state index contributed by atoms with van der Waals surface area (Å²) in [4.78, 5) is 8.55. The summed E-state index contributed by atoms with van der Waals surface area (Å²) in [6, 6.07) is 12.0. The minimum absolute atomic E-state index is 0.169. The molecule has 2 N–H and O–H groups in total. The maximum Gasteiger partial charge on any atom is 0.316 e. The van der Waals surface area contributed by atoms with E-state index in [2.05, 4.69) is 9.84 Å². The van der Waals surface area contributed by atoms with Crippen LogP contribution in [0.1, 0.15) is 48.8 Å². The minimum atomic E-state index is -2.85. The van der Waals surface area contributed by atoms with E-state index in [1.165, 1.54) is 12.1 Å². The molecule has 1 atom stereocenters. The van der Waals surface area contributed by atoms with Gasteiger partial charge in [-0.15, -0.1) is 0 Å². The zero-order valence-corrected chi connectivity index (χ0v) is 17.6. The zero-order chi connectivity index (χ0) is 20.9. The van der Waals surface area contributed by atoms with Crippen LogP contribution in [0.25, 0.3) is 0 Å². The molecule has 1 unspecified atom stereocenters. The van der Waals surface area contributed by atoms with E-state index in [1.54, 1.807) is 6.07 Å². The fourth-order valence-corrected chi connectivity index (χ4v) is 3.46. The maximum absolute atomic E-state index is 14.3. The summed E-state index contributed by atoms with van der Waals surface area (Å²) in [5, 5.41) is 3.17. The molecule has 0 aliphatic heterocycles. The van der Waals surface area contributed by atoms with Gasteiger partial charge in [0.1, 0.15) is 11.6 Å². The number of unbranched alkanes of at least 4 members (excludes halogenated alkanes) is 3. The SMILES string of the molecule is O=[PH](O)OCCCNCc1ccc(CCCCCCc2ccc(F)cc2)c(F)c1. The van der Waals surface area contributed by atoms with Crippen molar-refractivity contribution in [3.05, 3.63) is 70.8 Å². The second-order valence-electron chi connectivity index (χ2n) is 7.11. The Morgan fingerprint density at radius 3 is 2.28 bits per heavy atom. The van der Waals surface area contributed by atoms with Crippen LogP contribution in [-0.4, -0.2) is 18.0 Å². The average Bonchev–Trinajstić information content (AvgIpc) is 2.69. The highest BCUT2D eigenvalue weighted by Gasteiger charge is 2.04. The molecule has 0 heterocycles. The summed E-state index contributed by atoms with van der Waals surface area (Å²) >= 11 is 0. The highest BCUT2D eigenvalue weighted by molar-refractivity contribution is 7.32. The Morgan fingerprint density at radius 1 is 0.897 bits per heavy atom. The van der Waals surface area contributed by atoms with Gasteiger partial charge in [0, 0.05) is 6.54 Å². The van der Waals surface area contributed by atoms with Crippen molar-refractivity contribution in [1.29, 1.82) is 0 Å². The predicted molar refractivity (Wildman–Crippen MR) is 112 cm³/mol. The molecule has 0 fully saturated rings. The number of nitrogens with one attached hydrogen (secondary N) is 1. The van der Waals surface area contributed by atoms with Gasteiger partial charge in [-0.05, 0) is 73.5 Å². The molecular formula is C22H30F2NO3P. The molecule has 2 aromatic carbocycles. The Morgan fingerprint density at radius 2 is 1.59 bits per heavy atom. The molecule has 0 aliphatic rings. The number of rotatable bonds is 14. The van der Waals surface area contributed by atoms with E-state index in [0.29, 0.717) is 19.5 Å². The first-order chi connectivity index (χ1) is 14.0. The fourth-order valence-electron chi connectivity index (χ4n) is 3.14. The highest BCUT2D eigenvalue weighted by atomic mass is 31.1. The van der Waals surface area contributed by atoms with Gasteiger partial charge in [0.15, 0.2) is 0 Å². The largest absolute Gasteiger partial charge is 0.326 e. The first-order valence-electron chi connectivity index (χ1n) is 10.1. The molecule has 2 aromatic rings. The van der Waals surface area contributed by atoms with E-state index in [-0.39, 0.29) is 18.2 Å². The molecule has 0 amide bonds. The van der Waals surface area contributed by atoms with Crippen LogP contribution in [0.3, 0.4) is 0 Å². The molecule has 0 aliphatic carbocycles. The monoisotopic (exact) mass is 425 g/mol. The summed E-state index contributed by atoms with van der Waals surface area (Å²) in [6.45, 7) is 1.42. The van der Waals surface area contributed by atoms with Crippen molar-refractivity contribution in [3.8, 4) is 0 Å². The molecule has 29 heavy (non-hydrogen) atoms. The summed E-state index contributed by atoms with van der Waals surface area (Å²) in [7, 11) is -2.85. The van der Waals surface area contributed by atoms with Crippen LogP contribution >= 0.6 is 8.25 Å². The summed E-state index contributed by atoms with van der Waals surface area (Å²) in [5.74, 6) is -0.373. The van der Waals surface area contributed by atoms with E-state index in [0.717, 1.165) is 55.2 Å². The number of hydrogen-bond acceptors (Lipinski definition) is 3. The number of halogens is 2. The van der Waals surface area contributed by atoms with E-state index in [9.17, 15) is 13.3 Å². The molecule has 0 aromatic heterocycles. The van der Waals surface area contributed by atoms with Crippen LogP contribution in [0.2, 0.25) is 0 Å². The van der Waals surface area contributed by atoms with Crippen LogP contribution in [-0.2, 0) is 28.5 Å². The zero-order valence-electron chi connectivity index (χ0n) is 16.6. The van der Waals surface area contributed by atoms with Crippen molar-refractivity contribution in [2.75, 3.05) is 13.2 Å². The van der Waals surface area contributed by atoms with Gasteiger partial charge in [0.2, 0.25) is 0 Å². The standard InChI is InChI=1S/C22H30F2NO3P/c23-21-12-9-18(10-13-21)6-3-1-2-4-7-20-11-8-19(16-22(20)24)17-25-14-5-15-28-29(26)27/h8-13,16,25,29H,1-7,14-15,17H2,(H,26,27). The topological polar surface area (TPSA) is 58.6 Å². The van der Waals surface area contributed by atoms with Crippen LogP contribution in [0.15, 0.2) is 42.5 Å². The van der Waals surface area contributed by atoms with Crippen LogP contribution in [0.4, 0.5) is 8.78 Å². The molecule has 4 nitrogen and oxygen atoms in total. The van der Waals surface area contributed by atoms with Gasteiger partial charge in [-0.25, -0.2) is 8.78 Å². The predicted octanol–water partition coefficient (Wildman–Crippen LogP) is 5.19. The minimum Gasteiger partial charge on any atom is -0.326 e. The third kappa shape index (κ3) is 10.1. The fraction of sp³-hybridized carbons (Fsp3) is 0.455. The van der Waals surface area contributed by atoms with Gasteiger partial charge >= 0.3 is 8.25 Å². The Hall–Kier alpha value is -1.59. The Balaban J connectivity index is 1.58. The maximum atomic E-state index is 14.3. The van der Waals surface area contributed by atoms with Gasteiger partial charge in [-0.2, -0.15) is 0 Å². The van der Waals surface area contributed by atoms with E-state index < -0.39 is 8.25 Å². The molecule has 7 heteroatoms. The number of benzene rings is 2. The lowest BCUT2D eigenvalue weighted by Gasteiger charge is -2.08. The Kier molecular flexibility index (Phi) is 11.1. The summed E-state index contributed by atoms with van der Waals surface area (Å²) in [6.07, 6.45) is 6.43. The third-order valence-electron chi connectivity index (χ3n) is 4.74. The second-order valence-corrected chi connectivity index (χ2v) is 7.93. The van der Waals surface area contributed by atoms with Crippen molar-refractivity contribution in [2.24, 2.45) is 0 Å². The smallest absolute Gasteiger partial charge is 0.316 e. The van der Waals surface area contributed by atoms with E-state index in [1.807, 2.05) is 24.3 Å². The van der Waals surface area contributed by atoms with Crippen molar-refractivity contribution in [2.45, 2.75) is 51.5 Å². The molecular weight excluding hydrogens is 395 g/mol. The Bertz CT molecular complexity index is 756. The lowest BCUT2D eigenvalue weighted by molar-refractivity contribution is 0.276. The molecule has 2 rings (SSSR count). The van der Waals surface area contributed by atoms with Crippen molar-refractivity contribution in [3.63, 3.8) is 0 Å². The summed E-state index contributed by atoms with van der Waals surface area (Å²) < 4.78 is 42.1. The van der Waals surface area contributed by atoms with Crippen LogP contribution in [0.5, 0.6) is 0 Å². The van der Waals surface area contributed by atoms with Crippen LogP contribution in [0, 0.1) is 11.6 Å². The lowest BCUT2D eigenvalue weighted by atomic mass is 10.0. The van der Waals surface area contributed by atoms with Gasteiger partial charge < -0.3 is 14.7 Å². The number of hydrogen-bond donors (Lipinski definition) is 2. The third-order valence-corrected chi connectivity index (χ3v) is 5.20. The molecule has 0 bridgehead atoms. The molecule has 0 saturated heterocycles. The molecule has 0 spiro atoms. The van der Waals surface area contributed by atoms with Gasteiger partial charge in [-0.1, -0.05) is 37.1 Å². The molecule has 0 saturated carbocycles. The average molecular weight is 425 g/mol. The normalized spacial score (nSPS) is 12.2. The Labute approximate surface area is 172 Å². The first kappa shape index (κ1) is 23.7.